The first kappa shape index (κ1) is 20.4. The molecule has 0 saturated carbocycles. The highest BCUT2D eigenvalue weighted by molar-refractivity contribution is 7.92. The van der Waals surface area contributed by atoms with Gasteiger partial charge in [-0.3, -0.25) is 9.10 Å². The molecule has 0 atom stereocenters. The van der Waals surface area contributed by atoms with Crippen LogP contribution in [0.25, 0.3) is 0 Å². The summed E-state index contributed by atoms with van der Waals surface area (Å²) in [5, 5.41) is 3.43. The van der Waals surface area contributed by atoms with E-state index in [0.29, 0.717) is 10.8 Å². The van der Waals surface area contributed by atoms with Gasteiger partial charge in [-0.1, -0.05) is 41.4 Å². The topological polar surface area (TPSA) is 75.7 Å². The highest BCUT2D eigenvalue weighted by atomic mass is 35.5. The molecule has 0 saturated heterocycles. The first-order valence-electron chi connectivity index (χ1n) is 7.53. The molecule has 0 heterocycles. The number of halogens is 2. The largest absolute Gasteiger partial charge is 0.495 e. The fraction of sp³-hybridized carbons (Fsp3) is 0.235. The number of carbonyl (C=O) groups excluding carboxylic acids is 1. The third-order valence-corrected chi connectivity index (χ3v) is 5.35. The fourth-order valence-electron chi connectivity index (χ4n) is 2.23. The van der Waals surface area contributed by atoms with Crippen LogP contribution < -0.4 is 14.4 Å². The molecule has 2 rings (SSSR count). The normalized spacial score (nSPS) is 11.1. The number of hydrogen-bond acceptors (Lipinski definition) is 4. The third kappa shape index (κ3) is 5.27. The maximum Gasteiger partial charge on any atom is 0.241 e. The number of ether oxygens (including phenoxy) is 1. The molecule has 0 aliphatic rings. The van der Waals surface area contributed by atoms with Crippen LogP contribution in [0.1, 0.15) is 5.56 Å². The SMILES string of the molecule is COc1ccc(N(CC(=O)NCc2ccccc2Cl)S(C)(=O)=O)cc1Cl. The van der Waals surface area contributed by atoms with E-state index in [4.69, 9.17) is 27.9 Å². The minimum absolute atomic E-state index is 0.194. The van der Waals surface area contributed by atoms with Gasteiger partial charge in [0.15, 0.2) is 0 Å². The van der Waals surface area contributed by atoms with Crippen LogP contribution in [0, 0.1) is 0 Å². The van der Waals surface area contributed by atoms with Gasteiger partial charge in [0.1, 0.15) is 12.3 Å². The van der Waals surface area contributed by atoms with Gasteiger partial charge in [-0.25, -0.2) is 8.42 Å². The van der Waals surface area contributed by atoms with E-state index in [1.807, 2.05) is 0 Å². The molecule has 0 aliphatic heterocycles. The molecule has 0 bridgehead atoms. The standard InChI is InChI=1S/C17H18Cl2N2O4S/c1-25-16-8-7-13(9-15(16)19)21(26(2,23)24)11-17(22)20-10-12-5-3-4-6-14(12)18/h3-9H,10-11H2,1-2H3,(H,20,22). The molecular formula is C17H18Cl2N2O4S. The quantitative estimate of drug-likeness (QED) is 0.752. The number of benzene rings is 2. The van der Waals surface area contributed by atoms with Crippen molar-refractivity contribution < 1.29 is 17.9 Å². The van der Waals surface area contributed by atoms with Crippen molar-refractivity contribution in [2.75, 3.05) is 24.2 Å². The lowest BCUT2D eigenvalue weighted by molar-refractivity contribution is -0.119. The monoisotopic (exact) mass is 416 g/mol. The predicted octanol–water partition coefficient (Wildman–Crippen LogP) is 3.08. The van der Waals surface area contributed by atoms with Crippen LogP contribution in [0.5, 0.6) is 5.75 Å². The van der Waals surface area contributed by atoms with Crippen LogP contribution in [0.3, 0.4) is 0 Å². The zero-order valence-corrected chi connectivity index (χ0v) is 16.5. The lowest BCUT2D eigenvalue weighted by atomic mass is 10.2. The van der Waals surface area contributed by atoms with E-state index in [1.165, 1.54) is 25.3 Å². The van der Waals surface area contributed by atoms with Gasteiger partial charge in [0.25, 0.3) is 0 Å². The highest BCUT2D eigenvalue weighted by Gasteiger charge is 2.21. The summed E-state index contributed by atoms with van der Waals surface area (Å²) in [6, 6.07) is 11.6. The van der Waals surface area contributed by atoms with E-state index >= 15 is 0 Å². The average Bonchev–Trinajstić information content (AvgIpc) is 2.58. The summed E-state index contributed by atoms with van der Waals surface area (Å²) in [6.07, 6.45) is 1.02. The number of nitrogens with zero attached hydrogens (tertiary/aromatic N) is 1. The van der Waals surface area contributed by atoms with Crippen molar-refractivity contribution in [2.45, 2.75) is 6.54 Å². The molecule has 26 heavy (non-hydrogen) atoms. The van der Waals surface area contributed by atoms with Gasteiger partial charge >= 0.3 is 0 Å². The lowest BCUT2D eigenvalue weighted by Gasteiger charge is -2.22. The zero-order valence-electron chi connectivity index (χ0n) is 14.2. The fourth-order valence-corrected chi connectivity index (χ4v) is 3.54. The van der Waals surface area contributed by atoms with Crippen LogP contribution in [0.15, 0.2) is 42.5 Å². The smallest absolute Gasteiger partial charge is 0.241 e. The molecule has 2 aromatic rings. The molecule has 0 aromatic heterocycles. The van der Waals surface area contributed by atoms with Gasteiger partial charge in [-0.15, -0.1) is 0 Å². The van der Waals surface area contributed by atoms with Gasteiger partial charge < -0.3 is 10.1 Å². The van der Waals surface area contributed by atoms with Crippen molar-refractivity contribution in [2.24, 2.45) is 0 Å². The number of nitrogens with one attached hydrogen (secondary N) is 1. The molecule has 1 amide bonds. The minimum atomic E-state index is -3.69. The van der Waals surface area contributed by atoms with Crippen LogP contribution in [-0.4, -0.2) is 34.2 Å². The minimum Gasteiger partial charge on any atom is -0.495 e. The van der Waals surface area contributed by atoms with Gasteiger partial charge in [0, 0.05) is 11.6 Å². The Kier molecular flexibility index (Phi) is 6.75. The van der Waals surface area contributed by atoms with Gasteiger partial charge in [0.05, 0.1) is 24.1 Å². The van der Waals surface area contributed by atoms with E-state index in [1.54, 1.807) is 24.3 Å². The predicted molar refractivity (Wildman–Crippen MR) is 103 cm³/mol. The van der Waals surface area contributed by atoms with E-state index in [-0.39, 0.29) is 23.8 Å². The lowest BCUT2D eigenvalue weighted by Crippen LogP contribution is -2.40. The summed E-state index contributed by atoms with van der Waals surface area (Å²) in [4.78, 5) is 12.2. The summed E-state index contributed by atoms with van der Waals surface area (Å²) in [7, 11) is -2.24. The second-order valence-corrected chi connectivity index (χ2v) is 8.18. The van der Waals surface area contributed by atoms with Gasteiger partial charge in [0.2, 0.25) is 15.9 Å². The summed E-state index contributed by atoms with van der Waals surface area (Å²) >= 11 is 12.1. The highest BCUT2D eigenvalue weighted by Crippen LogP contribution is 2.30. The van der Waals surface area contributed by atoms with Crippen molar-refractivity contribution in [1.29, 1.82) is 0 Å². The molecule has 1 N–H and O–H groups in total. The van der Waals surface area contributed by atoms with Crippen molar-refractivity contribution in [3.05, 3.63) is 58.1 Å². The number of anilines is 1. The Morgan fingerprint density at radius 3 is 2.42 bits per heavy atom. The van der Waals surface area contributed by atoms with Crippen molar-refractivity contribution >= 4 is 44.8 Å². The Balaban J connectivity index is 2.14. The van der Waals surface area contributed by atoms with Crippen LogP contribution >= 0.6 is 23.2 Å². The van der Waals surface area contributed by atoms with E-state index in [2.05, 4.69) is 5.32 Å². The maximum atomic E-state index is 12.2. The van der Waals surface area contributed by atoms with Crippen molar-refractivity contribution in [3.63, 3.8) is 0 Å². The zero-order chi connectivity index (χ0) is 19.3. The summed E-state index contributed by atoms with van der Waals surface area (Å²) in [5.74, 6) is -0.0608. The Hall–Kier alpha value is -1.96. The summed E-state index contributed by atoms with van der Waals surface area (Å²) in [6.45, 7) is -0.189. The number of sulfonamides is 1. The number of hydrogen-bond donors (Lipinski definition) is 1. The number of methoxy groups -OCH3 is 1. The van der Waals surface area contributed by atoms with Crippen LogP contribution in [0.4, 0.5) is 5.69 Å². The number of amides is 1. The van der Waals surface area contributed by atoms with Crippen LogP contribution in [-0.2, 0) is 21.4 Å². The second-order valence-electron chi connectivity index (χ2n) is 5.46. The molecule has 0 fully saturated rings. The molecule has 0 unspecified atom stereocenters. The van der Waals surface area contributed by atoms with E-state index < -0.39 is 15.9 Å². The number of carbonyl (C=O) groups is 1. The molecule has 0 radical (unpaired) electrons. The summed E-state index contributed by atoms with van der Waals surface area (Å²) in [5.41, 5.74) is 1.01. The van der Waals surface area contributed by atoms with Gasteiger partial charge in [-0.05, 0) is 29.8 Å². The van der Waals surface area contributed by atoms with E-state index in [0.717, 1.165) is 16.1 Å². The number of rotatable bonds is 7. The van der Waals surface area contributed by atoms with E-state index in [9.17, 15) is 13.2 Å². The molecule has 140 valence electrons. The Morgan fingerprint density at radius 2 is 1.85 bits per heavy atom. The molecule has 2 aromatic carbocycles. The van der Waals surface area contributed by atoms with Crippen molar-refractivity contribution in [1.82, 2.24) is 5.32 Å². The molecule has 0 aliphatic carbocycles. The summed E-state index contributed by atoms with van der Waals surface area (Å²) < 4.78 is 30.2. The molecule has 6 nitrogen and oxygen atoms in total. The average molecular weight is 417 g/mol. The molecule has 9 heteroatoms. The van der Waals surface area contributed by atoms with Crippen molar-refractivity contribution in [3.8, 4) is 5.75 Å². The van der Waals surface area contributed by atoms with Gasteiger partial charge in [-0.2, -0.15) is 0 Å². The van der Waals surface area contributed by atoms with Crippen LogP contribution in [0.2, 0.25) is 10.0 Å². The Morgan fingerprint density at radius 1 is 1.15 bits per heavy atom. The maximum absolute atomic E-state index is 12.2. The molecular weight excluding hydrogens is 399 g/mol. The third-order valence-electron chi connectivity index (χ3n) is 3.54. The first-order chi connectivity index (χ1) is 12.2. The first-order valence-corrected chi connectivity index (χ1v) is 10.1. The Labute approximate surface area is 162 Å². The second kappa shape index (κ2) is 8.62. The Bertz CT molecular complexity index is 903. The molecule has 0 spiro atoms.